The summed E-state index contributed by atoms with van der Waals surface area (Å²) in [6.45, 7) is 4.65. The standard InChI is InChI=1S/C16H22N2OS2/c1-3-17-14(15(19)16(21)10(2)20)8-11-9-18-13-7-5-4-6-12(11)13/h4-7,9-10,14,16-18,20-21H,3,8H2,1-2H3/t10-,14-,16-/m0/s1. The van der Waals surface area contributed by atoms with Crippen molar-refractivity contribution >= 4 is 41.9 Å². The van der Waals surface area contributed by atoms with Crippen molar-refractivity contribution in [3.8, 4) is 0 Å². The number of Topliss-reactive ketones (excluding diaryl/α,β-unsaturated/α-hetero) is 1. The van der Waals surface area contributed by atoms with E-state index < -0.39 is 0 Å². The lowest BCUT2D eigenvalue weighted by Crippen LogP contribution is -2.44. The van der Waals surface area contributed by atoms with Gasteiger partial charge in [0.25, 0.3) is 0 Å². The summed E-state index contributed by atoms with van der Waals surface area (Å²) in [6.07, 6.45) is 2.65. The highest BCUT2D eigenvalue weighted by Crippen LogP contribution is 2.21. The van der Waals surface area contributed by atoms with E-state index in [4.69, 9.17) is 0 Å². The minimum atomic E-state index is -0.359. The van der Waals surface area contributed by atoms with Crippen LogP contribution in [0.15, 0.2) is 30.5 Å². The maximum Gasteiger partial charge on any atom is 0.163 e. The van der Waals surface area contributed by atoms with Crippen molar-refractivity contribution in [3.63, 3.8) is 0 Å². The lowest BCUT2D eigenvalue weighted by Gasteiger charge is -2.21. The van der Waals surface area contributed by atoms with Crippen molar-refractivity contribution in [2.24, 2.45) is 0 Å². The number of aromatic nitrogens is 1. The highest BCUT2D eigenvalue weighted by molar-refractivity contribution is 7.85. The molecule has 0 bridgehead atoms. The van der Waals surface area contributed by atoms with Crippen LogP contribution in [0, 0.1) is 0 Å². The van der Waals surface area contributed by atoms with Gasteiger partial charge >= 0.3 is 0 Å². The van der Waals surface area contributed by atoms with E-state index in [-0.39, 0.29) is 22.3 Å². The number of thiol groups is 2. The highest BCUT2D eigenvalue weighted by atomic mass is 32.1. The van der Waals surface area contributed by atoms with Crippen molar-refractivity contribution in [3.05, 3.63) is 36.0 Å². The molecule has 2 rings (SSSR count). The Balaban J connectivity index is 2.21. The van der Waals surface area contributed by atoms with Gasteiger partial charge in [0.2, 0.25) is 0 Å². The zero-order chi connectivity index (χ0) is 15.4. The number of hydrogen-bond acceptors (Lipinski definition) is 4. The van der Waals surface area contributed by atoms with Gasteiger partial charge in [-0.25, -0.2) is 0 Å². The average molecular weight is 322 g/mol. The fourth-order valence-corrected chi connectivity index (χ4v) is 2.81. The number of aromatic amines is 1. The van der Waals surface area contributed by atoms with Gasteiger partial charge in [-0.3, -0.25) is 4.79 Å². The number of rotatable bonds is 7. The van der Waals surface area contributed by atoms with Crippen LogP contribution in [-0.2, 0) is 11.2 Å². The minimum Gasteiger partial charge on any atom is -0.361 e. The Hall–Kier alpha value is -0.910. The quantitative estimate of drug-likeness (QED) is 0.592. The lowest BCUT2D eigenvalue weighted by atomic mass is 9.99. The van der Waals surface area contributed by atoms with E-state index in [0.717, 1.165) is 17.6 Å². The molecule has 21 heavy (non-hydrogen) atoms. The SMILES string of the molecule is CCN[C@@H](Cc1c[nH]c2ccccc12)C(=O)[C@@H](S)[C@H](C)S. The number of likely N-dealkylation sites (N-methyl/N-ethyl adjacent to an activating group) is 1. The fourth-order valence-electron chi connectivity index (χ4n) is 2.48. The van der Waals surface area contributed by atoms with Gasteiger partial charge < -0.3 is 10.3 Å². The number of nitrogens with one attached hydrogen (secondary N) is 2. The van der Waals surface area contributed by atoms with E-state index >= 15 is 0 Å². The van der Waals surface area contributed by atoms with Gasteiger partial charge in [0.15, 0.2) is 5.78 Å². The largest absolute Gasteiger partial charge is 0.361 e. The number of carbonyl (C=O) groups excluding carboxylic acids is 1. The third-order valence-corrected chi connectivity index (χ3v) is 4.88. The molecule has 0 amide bonds. The molecule has 0 aliphatic carbocycles. The first-order valence-electron chi connectivity index (χ1n) is 7.22. The molecule has 3 nitrogen and oxygen atoms in total. The molecular weight excluding hydrogens is 300 g/mol. The van der Waals surface area contributed by atoms with Gasteiger partial charge in [-0.2, -0.15) is 25.3 Å². The van der Waals surface area contributed by atoms with Gasteiger partial charge in [0.05, 0.1) is 11.3 Å². The summed E-state index contributed by atoms with van der Waals surface area (Å²) < 4.78 is 0. The molecule has 1 aromatic heterocycles. The van der Waals surface area contributed by atoms with Crippen LogP contribution in [0.4, 0.5) is 0 Å². The third-order valence-electron chi connectivity index (χ3n) is 3.64. The number of hydrogen-bond donors (Lipinski definition) is 4. The van der Waals surface area contributed by atoms with E-state index in [2.05, 4.69) is 41.6 Å². The summed E-state index contributed by atoms with van der Waals surface area (Å²) in [6, 6.07) is 7.91. The van der Waals surface area contributed by atoms with Crippen LogP contribution in [0.3, 0.4) is 0 Å². The fraction of sp³-hybridized carbons (Fsp3) is 0.438. The van der Waals surface area contributed by atoms with Crippen LogP contribution in [0.1, 0.15) is 19.4 Å². The first kappa shape index (κ1) is 16.5. The van der Waals surface area contributed by atoms with Crippen LogP contribution >= 0.6 is 25.3 Å². The third kappa shape index (κ3) is 3.84. The Morgan fingerprint density at radius 2 is 2.05 bits per heavy atom. The normalized spacial score (nSPS) is 15.8. The van der Waals surface area contributed by atoms with Crippen molar-refractivity contribution in [1.29, 1.82) is 0 Å². The summed E-state index contributed by atoms with van der Waals surface area (Å²) in [4.78, 5) is 15.8. The number of para-hydroxylation sites is 1. The van der Waals surface area contributed by atoms with Gasteiger partial charge in [-0.15, -0.1) is 0 Å². The molecule has 5 heteroatoms. The molecule has 0 unspecified atom stereocenters. The summed E-state index contributed by atoms with van der Waals surface area (Å²) >= 11 is 8.74. The van der Waals surface area contributed by atoms with Gasteiger partial charge in [-0.05, 0) is 24.6 Å². The second kappa shape index (κ2) is 7.38. The lowest BCUT2D eigenvalue weighted by molar-refractivity contribution is -0.120. The molecule has 1 heterocycles. The summed E-state index contributed by atoms with van der Waals surface area (Å²) in [5.74, 6) is 0.105. The van der Waals surface area contributed by atoms with Crippen molar-refractivity contribution in [2.75, 3.05) is 6.54 Å². The second-order valence-corrected chi connectivity index (χ2v) is 6.63. The Kier molecular flexibility index (Phi) is 5.79. The molecule has 0 aliphatic heterocycles. The molecule has 0 saturated heterocycles. The van der Waals surface area contributed by atoms with E-state index in [0.29, 0.717) is 6.42 Å². The predicted molar refractivity (Wildman–Crippen MR) is 95.7 cm³/mol. The highest BCUT2D eigenvalue weighted by Gasteiger charge is 2.27. The summed E-state index contributed by atoms with van der Waals surface area (Å²) in [5.41, 5.74) is 2.25. The van der Waals surface area contributed by atoms with Crippen LogP contribution in [0.5, 0.6) is 0 Å². The molecule has 2 aromatic rings. The zero-order valence-electron chi connectivity index (χ0n) is 12.3. The van der Waals surface area contributed by atoms with E-state index in [1.165, 1.54) is 5.39 Å². The molecule has 0 saturated carbocycles. The molecule has 1 aromatic carbocycles. The first-order chi connectivity index (χ1) is 10.0. The van der Waals surface area contributed by atoms with Crippen molar-refractivity contribution < 1.29 is 4.79 Å². The number of H-pyrrole nitrogens is 1. The minimum absolute atomic E-state index is 0.0649. The Morgan fingerprint density at radius 3 is 2.71 bits per heavy atom. The van der Waals surface area contributed by atoms with Crippen LogP contribution in [0.2, 0.25) is 0 Å². The molecule has 0 spiro atoms. The zero-order valence-corrected chi connectivity index (χ0v) is 14.1. The van der Waals surface area contributed by atoms with Crippen LogP contribution in [0.25, 0.3) is 10.9 Å². The van der Waals surface area contributed by atoms with E-state index in [1.807, 2.05) is 38.2 Å². The number of carbonyl (C=O) groups is 1. The predicted octanol–water partition coefficient (Wildman–Crippen LogP) is 2.87. The number of fused-ring (bicyclic) bond motifs is 1. The second-order valence-electron chi connectivity index (χ2n) is 5.26. The Bertz CT molecular complexity index is 609. The van der Waals surface area contributed by atoms with E-state index in [9.17, 15) is 4.79 Å². The Morgan fingerprint density at radius 1 is 1.33 bits per heavy atom. The molecule has 2 N–H and O–H groups in total. The van der Waals surface area contributed by atoms with Crippen molar-refractivity contribution in [2.45, 2.75) is 36.8 Å². The van der Waals surface area contributed by atoms with Crippen LogP contribution in [-0.4, -0.2) is 33.9 Å². The smallest absolute Gasteiger partial charge is 0.163 e. The average Bonchev–Trinajstić information content (AvgIpc) is 2.88. The maximum absolute atomic E-state index is 12.5. The van der Waals surface area contributed by atoms with E-state index in [1.54, 1.807) is 0 Å². The summed E-state index contributed by atoms with van der Waals surface area (Å²) in [7, 11) is 0. The molecule has 3 atom stereocenters. The number of benzene rings is 1. The topological polar surface area (TPSA) is 44.9 Å². The Labute approximate surface area is 136 Å². The number of ketones is 1. The molecule has 114 valence electrons. The molecule has 0 fully saturated rings. The molecular formula is C16H22N2OS2. The van der Waals surface area contributed by atoms with Gasteiger partial charge in [0.1, 0.15) is 0 Å². The maximum atomic E-state index is 12.5. The summed E-state index contributed by atoms with van der Waals surface area (Å²) in [5, 5.41) is 4.02. The molecule has 0 radical (unpaired) electrons. The first-order valence-corrected chi connectivity index (χ1v) is 8.26. The van der Waals surface area contributed by atoms with Crippen LogP contribution < -0.4 is 5.32 Å². The monoisotopic (exact) mass is 322 g/mol. The van der Waals surface area contributed by atoms with Gasteiger partial charge in [-0.1, -0.05) is 32.0 Å². The van der Waals surface area contributed by atoms with Crippen molar-refractivity contribution in [1.82, 2.24) is 10.3 Å². The molecule has 0 aliphatic rings. The van der Waals surface area contributed by atoms with Gasteiger partial charge in [0, 0.05) is 22.3 Å².